The summed E-state index contributed by atoms with van der Waals surface area (Å²) in [5.41, 5.74) is 9.52. The molecule has 0 saturated heterocycles. The summed E-state index contributed by atoms with van der Waals surface area (Å²) in [7, 11) is 0. The number of H-pyrrole nitrogens is 1. The molecule has 104 valence electrons. The molecule has 0 fully saturated rings. The van der Waals surface area contributed by atoms with Gasteiger partial charge in [-0.2, -0.15) is 5.10 Å². The predicted octanol–water partition coefficient (Wildman–Crippen LogP) is 3.11. The molecule has 2 aromatic heterocycles. The van der Waals surface area contributed by atoms with E-state index in [1.54, 1.807) is 6.26 Å². The second-order valence-corrected chi connectivity index (χ2v) is 5.12. The van der Waals surface area contributed by atoms with Crippen molar-refractivity contribution in [3.63, 3.8) is 0 Å². The van der Waals surface area contributed by atoms with Crippen molar-refractivity contribution in [2.45, 2.75) is 24.7 Å². The van der Waals surface area contributed by atoms with Crippen molar-refractivity contribution in [2.24, 2.45) is 5.73 Å². The second-order valence-electron chi connectivity index (χ2n) is 5.12. The Balaban J connectivity index is 1.76. The first kappa shape index (κ1) is 12.9. The van der Waals surface area contributed by atoms with Crippen molar-refractivity contribution in [3.05, 3.63) is 65.9 Å². The van der Waals surface area contributed by atoms with Crippen LogP contribution in [0.15, 0.2) is 59.2 Å². The highest BCUT2D eigenvalue weighted by Crippen LogP contribution is 2.34. The van der Waals surface area contributed by atoms with Gasteiger partial charge in [0.25, 0.3) is 0 Å². The zero-order chi connectivity index (χ0) is 13.8. The third kappa shape index (κ3) is 2.60. The van der Waals surface area contributed by atoms with Gasteiger partial charge in [-0.05, 0) is 42.2 Å². The molecule has 4 heteroatoms. The Morgan fingerprint density at radius 2 is 2.45 bits per heavy atom. The number of nitrogens with two attached hydrogens (primary N) is 1. The second kappa shape index (κ2) is 5.92. The Hall–Kier alpha value is -2.07. The first-order chi connectivity index (χ1) is 9.88. The zero-order valence-corrected chi connectivity index (χ0v) is 11.3. The highest BCUT2D eigenvalue weighted by atomic mass is 16.3. The summed E-state index contributed by atoms with van der Waals surface area (Å²) < 4.78 is 5.21. The van der Waals surface area contributed by atoms with Gasteiger partial charge >= 0.3 is 0 Å². The molecule has 0 bridgehead atoms. The van der Waals surface area contributed by atoms with Gasteiger partial charge in [-0.25, -0.2) is 0 Å². The number of hydrogen-bond acceptors (Lipinski definition) is 3. The Labute approximate surface area is 118 Å². The zero-order valence-electron chi connectivity index (χ0n) is 11.3. The fraction of sp³-hybridized carbons (Fsp3) is 0.312. The predicted molar refractivity (Wildman–Crippen MR) is 78.3 cm³/mol. The lowest BCUT2D eigenvalue weighted by Gasteiger charge is -2.21. The molecule has 3 N–H and O–H groups in total. The van der Waals surface area contributed by atoms with Crippen LogP contribution in [0.1, 0.15) is 35.8 Å². The van der Waals surface area contributed by atoms with E-state index in [-0.39, 0.29) is 0 Å². The van der Waals surface area contributed by atoms with Crippen molar-refractivity contribution in [2.75, 3.05) is 6.54 Å². The topological polar surface area (TPSA) is 67.8 Å². The average Bonchev–Trinajstić information content (AvgIpc) is 3.18. The van der Waals surface area contributed by atoms with Crippen LogP contribution in [0.25, 0.3) is 0 Å². The number of allylic oxidation sites excluding steroid dienone is 4. The lowest BCUT2D eigenvalue weighted by atomic mass is 9.83. The minimum absolute atomic E-state index is 0.334. The minimum Gasteiger partial charge on any atom is -0.472 e. The van der Waals surface area contributed by atoms with Gasteiger partial charge in [-0.15, -0.1) is 0 Å². The summed E-state index contributed by atoms with van der Waals surface area (Å²) in [6.45, 7) is 0.673. The van der Waals surface area contributed by atoms with Crippen molar-refractivity contribution >= 4 is 0 Å². The maximum absolute atomic E-state index is 5.75. The summed E-state index contributed by atoms with van der Waals surface area (Å²) in [5.74, 6) is 0.751. The molecular weight excluding hydrogens is 250 g/mol. The normalized spacial score (nSPS) is 19.9. The smallest absolute Gasteiger partial charge is 0.0940 e. The summed E-state index contributed by atoms with van der Waals surface area (Å²) in [5, 5.41) is 6.88. The van der Waals surface area contributed by atoms with Crippen LogP contribution in [-0.4, -0.2) is 16.7 Å². The molecule has 2 atom stereocenters. The Morgan fingerprint density at radius 1 is 1.50 bits per heavy atom. The number of nitrogens with one attached hydrogen (secondary N) is 1. The van der Waals surface area contributed by atoms with E-state index >= 15 is 0 Å². The SMILES string of the molecule is NCCC(C1=CCC(c2cn[nH]c2)C=C1)c1ccoc1. The van der Waals surface area contributed by atoms with Gasteiger partial charge in [0.2, 0.25) is 0 Å². The summed E-state index contributed by atoms with van der Waals surface area (Å²) in [6.07, 6.45) is 16.1. The lowest BCUT2D eigenvalue weighted by molar-refractivity contribution is 0.559. The lowest BCUT2D eigenvalue weighted by Crippen LogP contribution is -2.10. The van der Waals surface area contributed by atoms with Crippen LogP contribution in [0.4, 0.5) is 0 Å². The van der Waals surface area contributed by atoms with E-state index in [0.717, 1.165) is 12.8 Å². The van der Waals surface area contributed by atoms with E-state index in [4.69, 9.17) is 10.2 Å². The standard InChI is InChI=1S/C16H19N3O/c17-7-5-16(14-6-8-20-11-14)13-3-1-12(2-4-13)15-9-18-19-10-15/h1,3-4,6,8-12,16H,2,5,7,17H2,(H,18,19). The summed E-state index contributed by atoms with van der Waals surface area (Å²) in [4.78, 5) is 0. The number of nitrogens with zero attached hydrogens (tertiary/aromatic N) is 1. The number of hydrogen-bond donors (Lipinski definition) is 2. The van der Waals surface area contributed by atoms with Crippen LogP contribution in [-0.2, 0) is 0 Å². The number of aromatic amines is 1. The fourth-order valence-corrected chi connectivity index (χ4v) is 2.77. The number of rotatable bonds is 5. The van der Waals surface area contributed by atoms with Gasteiger partial charge < -0.3 is 10.2 Å². The molecule has 4 nitrogen and oxygen atoms in total. The van der Waals surface area contributed by atoms with E-state index in [1.165, 1.54) is 16.7 Å². The van der Waals surface area contributed by atoms with Gasteiger partial charge in [0.1, 0.15) is 0 Å². The molecule has 2 unspecified atom stereocenters. The fourth-order valence-electron chi connectivity index (χ4n) is 2.77. The molecule has 0 amide bonds. The van der Waals surface area contributed by atoms with Crippen molar-refractivity contribution in [1.29, 1.82) is 0 Å². The van der Waals surface area contributed by atoms with E-state index in [2.05, 4.69) is 28.4 Å². The Kier molecular flexibility index (Phi) is 3.83. The maximum Gasteiger partial charge on any atom is 0.0940 e. The summed E-state index contributed by atoms with van der Waals surface area (Å²) in [6, 6.07) is 2.02. The van der Waals surface area contributed by atoms with Gasteiger partial charge in [-0.1, -0.05) is 18.2 Å². The van der Waals surface area contributed by atoms with Crippen LogP contribution in [0.2, 0.25) is 0 Å². The van der Waals surface area contributed by atoms with Crippen LogP contribution in [0, 0.1) is 0 Å². The molecule has 0 aromatic carbocycles. The minimum atomic E-state index is 0.334. The van der Waals surface area contributed by atoms with Crippen molar-refractivity contribution in [3.8, 4) is 0 Å². The highest BCUT2D eigenvalue weighted by Gasteiger charge is 2.19. The largest absolute Gasteiger partial charge is 0.472 e. The van der Waals surface area contributed by atoms with E-state index < -0.39 is 0 Å². The van der Waals surface area contributed by atoms with Crippen LogP contribution >= 0.6 is 0 Å². The highest BCUT2D eigenvalue weighted by molar-refractivity contribution is 5.38. The van der Waals surface area contributed by atoms with Gasteiger partial charge in [-0.3, -0.25) is 5.10 Å². The average molecular weight is 269 g/mol. The molecule has 1 aliphatic rings. The third-order valence-corrected chi connectivity index (χ3v) is 3.88. The Bertz CT molecular complexity index is 581. The van der Waals surface area contributed by atoms with Crippen molar-refractivity contribution in [1.82, 2.24) is 10.2 Å². The molecular formula is C16H19N3O. The molecule has 0 spiro atoms. The molecule has 2 aromatic rings. The molecule has 0 saturated carbocycles. The molecule has 20 heavy (non-hydrogen) atoms. The van der Waals surface area contributed by atoms with Crippen molar-refractivity contribution < 1.29 is 4.42 Å². The van der Waals surface area contributed by atoms with Crippen LogP contribution in [0.3, 0.4) is 0 Å². The molecule has 0 aliphatic heterocycles. The summed E-state index contributed by atoms with van der Waals surface area (Å²) >= 11 is 0. The number of furan rings is 1. The van der Waals surface area contributed by atoms with Crippen LogP contribution in [0.5, 0.6) is 0 Å². The van der Waals surface area contributed by atoms with Gasteiger partial charge in [0, 0.05) is 18.0 Å². The van der Waals surface area contributed by atoms with E-state index in [0.29, 0.717) is 18.4 Å². The quantitative estimate of drug-likeness (QED) is 0.876. The number of aromatic nitrogens is 2. The van der Waals surface area contributed by atoms with Gasteiger partial charge in [0.15, 0.2) is 0 Å². The van der Waals surface area contributed by atoms with Crippen LogP contribution < -0.4 is 5.73 Å². The molecule has 1 aliphatic carbocycles. The molecule has 2 heterocycles. The molecule has 0 radical (unpaired) electrons. The Morgan fingerprint density at radius 3 is 3.05 bits per heavy atom. The van der Waals surface area contributed by atoms with Gasteiger partial charge in [0.05, 0.1) is 18.7 Å². The van der Waals surface area contributed by atoms with E-state index in [9.17, 15) is 0 Å². The first-order valence-electron chi connectivity index (χ1n) is 6.97. The maximum atomic E-state index is 5.75. The third-order valence-electron chi connectivity index (χ3n) is 3.88. The first-order valence-corrected chi connectivity index (χ1v) is 6.97. The van der Waals surface area contributed by atoms with E-state index in [1.807, 2.05) is 24.7 Å². The molecule has 3 rings (SSSR count). The monoisotopic (exact) mass is 269 g/mol.